The van der Waals surface area contributed by atoms with Crippen molar-refractivity contribution in [1.82, 2.24) is 4.90 Å². The van der Waals surface area contributed by atoms with Crippen LogP contribution in [0.1, 0.15) is 20.3 Å². The summed E-state index contributed by atoms with van der Waals surface area (Å²) in [4.78, 5) is 13.3. The molecule has 0 aliphatic carbocycles. The lowest BCUT2D eigenvalue weighted by atomic mass is 10.1. The van der Waals surface area contributed by atoms with E-state index in [9.17, 15) is 4.79 Å². The summed E-state index contributed by atoms with van der Waals surface area (Å²) >= 11 is 0. The smallest absolute Gasteiger partial charge is 0.319 e. The van der Waals surface area contributed by atoms with E-state index in [2.05, 4.69) is 16.6 Å². The van der Waals surface area contributed by atoms with Gasteiger partial charge in [-0.2, -0.15) is 0 Å². The largest absolute Gasteiger partial charge is 0.468 e. The number of carbonyl (C=O) groups is 1. The van der Waals surface area contributed by atoms with Crippen molar-refractivity contribution < 1.29 is 14.3 Å². The summed E-state index contributed by atoms with van der Waals surface area (Å²) in [7, 11) is 1.42. The van der Waals surface area contributed by atoms with Gasteiger partial charge >= 0.3 is 5.97 Å². The van der Waals surface area contributed by atoms with Crippen molar-refractivity contribution in [2.75, 3.05) is 26.8 Å². The van der Waals surface area contributed by atoms with Crippen LogP contribution in [0.5, 0.6) is 0 Å². The Balaban J connectivity index is 2.48. The molecule has 1 aliphatic heterocycles. The van der Waals surface area contributed by atoms with Crippen molar-refractivity contribution in [2.45, 2.75) is 32.4 Å². The summed E-state index contributed by atoms with van der Waals surface area (Å²) in [6, 6.07) is 0.352. The van der Waals surface area contributed by atoms with Crippen molar-refractivity contribution >= 4 is 5.97 Å². The molecular formula is C10H19NO3. The number of hydrogen-bond donors (Lipinski definition) is 0. The molecule has 0 aromatic carbocycles. The van der Waals surface area contributed by atoms with Crippen molar-refractivity contribution in [1.29, 1.82) is 0 Å². The molecule has 14 heavy (non-hydrogen) atoms. The van der Waals surface area contributed by atoms with E-state index < -0.39 is 0 Å². The molecule has 0 N–H and O–H groups in total. The standard InChI is InChI=1S/C10H19NO3/c1-4-9-7-14-8(2)5-11(9)6-10(12)13-3/h8-9H,4-7H2,1-3H3/t8-,9-/m0/s1. The van der Waals surface area contributed by atoms with Crippen molar-refractivity contribution in [3.63, 3.8) is 0 Å². The van der Waals surface area contributed by atoms with E-state index in [0.29, 0.717) is 19.2 Å². The van der Waals surface area contributed by atoms with Crippen LogP contribution in [0.3, 0.4) is 0 Å². The number of rotatable bonds is 3. The van der Waals surface area contributed by atoms with Crippen LogP contribution in [-0.4, -0.2) is 49.8 Å². The second kappa shape index (κ2) is 5.32. The topological polar surface area (TPSA) is 38.8 Å². The van der Waals surface area contributed by atoms with Gasteiger partial charge in [0, 0.05) is 12.6 Å². The van der Waals surface area contributed by atoms with E-state index in [4.69, 9.17) is 4.74 Å². The normalized spacial score (nSPS) is 28.8. The number of ether oxygens (including phenoxy) is 2. The third kappa shape index (κ3) is 2.96. The first-order valence-electron chi connectivity index (χ1n) is 5.09. The Bertz CT molecular complexity index is 196. The predicted octanol–water partition coefficient (Wildman–Crippen LogP) is 0.659. The molecule has 0 aromatic rings. The van der Waals surface area contributed by atoms with Gasteiger partial charge in [0.1, 0.15) is 0 Å². The number of hydrogen-bond acceptors (Lipinski definition) is 4. The van der Waals surface area contributed by atoms with Gasteiger partial charge < -0.3 is 9.47 Å². The minimum absolute atomic E-state index is 0.169. The monoisotopic (exact) mass is 201 g/mol. The summed E-state index contributed by atoms with van der Waals surface area (Å²) in [6.45, 7) is 6.04. The number of morpholine rings is 1. The zero-order valence-electron chi connectivity index (χ0n) is 9.16. The van der Waals surface area contributed by atoms with Crippen LogP contribution in [0.25, 0.3) is 0 Å². The Kier molecular flexibility index (Phi) is 4.35. The molecule has 0 amide bonds. The van der Waals surface area contributed by atoms with Gasteiger partial charge in [0.15, 0.2) is 0 Å². The van der Waals surface area contributed by atoms with Gasteiger partial charge in [-0.1, -0.05) is 6.92 Å². The van der Waals surface area contributed by atoms with Gasteiger partial charge in [-0.15, -0.1) is 0 Å². The summed E-state index contributed by atoms with van der Waals surface area (Å²) in [5, 5.41) is 0. The van der Waals surface area contributed by atoms with E-state index in [1.807, 2.05) is 6.92 Å². The Morgan fingerprint density at radius 3 is 2.93 bits per heavy atom. The van der Waals surface area contributed by atoms with E-state index in [0.717, 1.165) is 13.0 Å². The molecule has 1 saturated heterocycles. The molecule has 4 heteroatoms. The molecular weight excluding hydrogens is 182 g/mol. The first-order valence-corrected chi connectivity index (χ1v) is 5.09. The van der Waals surface area contributed by atoms with E-state index in [1.165, 1.54) is 7.11 Å². The second-order valence-electron chi connectivity index (χ2n) is 3.71. The molecule has 0 bridgehead atoms. The fourth-order valence-electron chi connectivity index (χ4n) is 1.71. The van der Waals surface area contributed by atoms with Gasteiger partial charge in [0.05, 0.1) is 26.4 Å². The Morgan fingerprint density at radius 2 is 2.36 bits per heavy atom. The number of nitrogens with zero attached hydrogens (tertiary/aromatic N) is 1. The van der Waals surface area contributed by atoms with Gasteiger partial charge in [-0.05, 0) is 13.3 Å². The van der Waals surface area contributed by atoms with Gasteiger partial charge in [0.25, 0.3) is 0 Å². The van der Waals surface area contributed by atoms with Crippen LogP contribution in [-0.2, 0) is 14.3 Å². The molecule has 1 rings (SSSR count). The SMILES string of the molecule is CC[C@H]1CO[C@@H](C)CN1CC(=O)OC. The third-order valence-electron chi connectivity index (χ3n) is 2.61. The van der Waals surface area contributed by atoms with Crippen LogP contribution in [0.2, 0.25) is 0 Å². The first-order chi connectivity index (χ1) is 6.67. The minimum Gasteiger partial charge on any atom is -0.468 e. The molecule has 0 radical (unpaired) electrons. The summed E-state index contributed by atoms with van der Waals surface area (Å²) in [5.74, 6) is -0.169. The van der Waals surface area contributed by atoms with Gasteiger partial charge in [-0.3, -0.25) is 9.69 Å². The molecule has 0 aromatic heterocycles. The lowest BCUT2D eigenvalue weighted by molar-refractivity contribution is -0.145. The average Bonchev–Trinajstić information content (AvgIpc) is 2.18. The lowest BCUT2D eigenvalue weighted by Crippen LogP contribution is -2.50. The fourth-order valence-corrected chi connectivity index (χ4v) is 1.71. The molecule has 82 valence electrons. The van der Waals surface area contributed by atoms with Crippen LogP contribution >= 0.6 is 0 Å². The van der Waals surface area contributed by atoms with Crippen molar-refractivity contribution in [3.8, 4) is 0 Å². The van der Waals surface area contributed by atoms with Crippen molar-refractivity contribution in [2.24, 2.45) is 0 Å². The predicted molar refractivity (Wildman–Crippen MR) is 53.1 cm³/mol. The van der Waals surface area contributed by atoms with E-state index >= 15 is 0 Å². The van der Waals surface area contributed by atoms with Crippen LogP contribution < -0.4 is 0 Å². The van der Waals surface area contributed by atoms with Gasteiger partial charge in [0.2, 0.25) is 0 Å². The second-order valence-corrected chi connectivity index (χ2v) is 3.71. The molecule has 1 fully saturated rings. The Hall–Kier alpha value is -0.610. The molecule has 1 aliphatic rings. The summed E-state index contributed by atoms with van der Waals surface area (Å²) in [6.07, 6.45) is 1.21. The average molecular weight is 201 g/mol. The Morgan fingerprint density at radius 1 is 1.64 bits per heavy atom. The molecule has 0 spiro atoms. The van der Waals surface area contributed by atoms with E-state index in [1.54, 1.807) is 0 Å². The van der Waals surface area contributed by atoms with Crippen molar-refractivity contribution in [3.05, 3.63) is 0 Å². The fraction of sp³-hybridized carbons (Fsp3) is 0.900. The molecule has 0 saturated carbocycles. The number of carbonyl (C=O) groups excluding carboxylic acids is 1. The minimum atomic E-state index is -0.169. The molecule has 2 atom stereocenters. The zero-order chi connectivity index (χ0) is 10.6. The highest BCUT2D eigenvalue weighted by Gasteiger charge is 2.26. The highest BCUT2D eigenvalue weighted by molar-refractivity contribution is 5.71. The van der Waals surface area contributed by atoms with Crippen LogP contribution in [0.4, 0.5) is 0 Å². The maximum atomic E-state index is 11.1. The Labute approximate surface area is 85.2 Å². The highest BCUT2D eigenvalue weighted by atomic mass is 16.5. The zero-order valence-corrected chi connectivity index (χ0v) is 9.16. The third-order valence-corrected chi connectivity index (χ3v) is 2.61. The summed E-state index contributed by atoms with van der Waals surface area (Å²) in [5.41, 5.74) is 0. The molecule has 4 nitrogen and oxygen atoms in total. The summed E-state index contributed by atoms with van der Waals surface area (Å²) < 4.78 is 10.2. The number of esters is 1. The van der Waals surface area contributed by atoms with Crippen LogP contribution in [0, 0.1) is 0 Å². The van der Waals surface area contributed by atoms with Gasteiger partial charge in [-0.25, -0.2) is 0 Å². The molecule has 1 heterocycles. The maximum Gasteiger partial charge on any atom is 0.319 e. The lowest BCUT2D eigenvalue weighted by Gasteiger charge is -2.37. The maximum absolute atomic E-state index is 11.1. The number of methoxy groups -OCH3 is 1. The highest BCUT2D eigenvalue weighted by Crippen LogP contribution is 2.13. The first kappa shape index (κ1) is 11.5. The van der Waals surface area contributed by atoms with Crippen LogP contribution in [0.15, 0.2) is 0 Å². The van der Waals surface area contributed by atoms with E-state index in [-0.39, 0.29) is 12.1 Å². The molecule has 0 unspecified atom stereocenters. The quantitative estimate of drug-likeness (QED) is 0.629.